The van der Waals surface area contributed by atoms with E-state index < -0.39 is 18.3 Å². The van der Waals surface area contributed by atoms with E-state index in [1.807, 2.05) is 36.4 Å². The maximum atomic E-state index is 15.3. The Morgan fingerprint density at radius 1 is 0.933 bits per heavy atom. The molecule has 3 aromatic carbocycles. The van der Waals surface area contributed by atoms with Crippen LogP contribution in [-0.2, 0) is 6.42 Å². The lowest BCUT2D eigenvalue weighted by molar-refractivity contribution is 0.101. The molecular weight excluding hydrogens is 376 g/mol. The predicted octanol–water partition coefficient (Wildman–Crippen LogP) is 7.87. The number of nitriles is 1. The van der Waals surface area contributed by atoms with E-state index in [-0.39, 0.29) is 0 Å². The van der Waals surface area contributed by atoms with Crippen molar-refractivity contribution in [2.45, 2.75) is 57.8 Å². The van der Waals surface area contributed by atoms with E-state index in [1.165, 1.54) is 0 Å². The maximum Gasteiger partial charge on any atom is 0.131 e. The van der Waals surface area contributed by atoms with Crippen LogP contribution in [0.2, 0.25) is 0 Å². The molecule has 3 heteroatoms. The molecule has 1 unspecified atom stereocenters. The van der Waals surface area contributed by atoms with Gasteiger partial charge < -0.3 is 0 Å². The Labute approximate surface area is 177 Å². The van der Waals surface area contributed by atoms with Crippen LogP contribution in [0.3, 0.4) is 0 Å². The van der Waals surface area contributed by atoms with Gasteiger partial charge in [0.1, 0.15) is 12.3 Å². The van der Waals surface area contributed by atoms with Gasteiger partial charge in [-0.1, -0.05) is 69.0 Å². The highest BCUT2D eigenvalue weighted by Crippen LogP contribution is 2.44. The Kier molecular flexibility index (Phi) is 6.13. The SMILES string of the molecule is CCCCCC[C@H]1C(F)c2ccc3cc(-c4ccc(C#N)cc4)ccc3c2C[C@@H]1F. The lowest BCUT2D eigenvalue weighted by atomic mass is 9.77. The van der Waals surface area contributed by atoms with Gasteiger partial charge >= 0.3 is 0 Å². The van der Waals surface area contributed by atoms with Crippen molar-refractivity contribution < 1.29 is 8.78 Å². The minimum absolute atomic E-state index is 0.293. The van der Waals surface area contributed by atoms with Crippen LogP contribution in [0.25, 0.3) is 21.9 Å². The van der Waals surface area contributed by atoms with Crippen LogP contribution in [0, 0.1) is 17.2 Å². The smallest absolute Gasteiger partial charge is 0.131 e. The number of alkyl halides is 2. The van der Waals surface area contributed by atoms with Crippen LogP contribution in [0.5, 0.6) is 0 Å². The Bertz CT molecular complexity index is 1060. The average molecular weight is 404 g/mol. The molecular formula is C27H27F2N. The summed E-state index contributed by atoms with van der Waals surface area (Å²) in [6, 6.07) is 19.5. The van der Waals surface area contributed by atoms with Crippen LogP contribution in [0.1, 0.15) is 61.9 Å². The number of rotatable bonds is 6. The number of fused-ring (bicyclic) bond motifs is 3. The van der Waals surface area contributed by atoms with Gasteiger partial charge in [0.05, 0.1) is 11.6 Å². The molecule has 0 spiro atoms. The van der Waals surface area contributed by atoms with Gasteiger partial charge in [-0.3, -0.25) is 0 Å². The van der Waals surface area contributed by atoms with Gasteiger partial charge in [-0.2, -0.15) is 5.26 Å². The molecule has 0 heterocycles. The highest BCUT2D eigenvalue weighted by atomic mass is 19.1. The zero-order valence-corrected chi connectivity index (χ0v) is 17.4. The molecule has 0 aromatic heterocycles. The fourth-order valence-corrected chi connectivity index (χ4v) is 4.71. The minimum Gasteiger partial charge on any atom is -0.247 e. The van der Waals surface area contributed by atoms with Crippen molar-refractivity contribution in [3.63, 3.8) is 0 Å². The van der Waals surface area contributed by atoms with Crippen molar-refractivity contribution in [1.82, 2.24) is 0 Å². The van der Waals surface area contributed by atoms with E-state index in [1.54, 1.807) is 12.1 Å². The summed E-state index contributed by atoms with van der Waals surface area (Å²) in [5.74, 6) is -0.523. The van der Waals surface area contributed by atoms with Crippen molar-refractivity contribution >= 4 is 10.8 Å². The van der Waals surface area contributed by atoms with E-state index >= 15 is 4.39 Å². The second-order valence-corrected chi connectivity index (χ2v) is 8.39. The monoisotopic (exact) mass is 403 g/mol. The predicted molar refractivity (Wildman–Crippen MR) is 119 cm³/mol. The zero-order chi connectivity index (χ0) is 21.1. The van der Waals surface area contributed by atoms with Gasteiger partial charge in [0.15, 0.2) is 0 Å². The van der Waals surface area contributed by atoms with Crippen molar-refractivity contribution in [3.8, 4) is 17.2 Å². The standard InChI is InChI=1S/C27H27F2N/c1-2-3-4-5-6-24-26(28)16-25-22-13-11-20(19-9-7-18(17-30)8-10-19)15-21(22)12-14-23(25)27(24)29/h7-15,24,26-27H,2-6,16H2,1H3/t24-,26+,27?/m1/s1. The summed E-state index contributed by atoms with van der Waals surface area (Å²) in [7, 11) is 0. The summed E-state index contributed by atoms with van der Waals surface area (Å²) in [6.07, 6.45) is 2.77. The van der Waals surface area contributed by atoms with Crippen LogP contribution < -0.4 is 0 Å². The third-order valence-electron chi connectivity index (χ3n) is 6.44. The quantitative estimate of drug-likeness (QED) is 0.384. The van der Waals surface area contributed by atoms with Crippen LogP contribution in [0.4, 0.5) is 8.78 Å². The molecule has 1 aliphatic rings. The second-order valence-electron chi connectivity index (χ2n) is 8.39. The molecule has 3 atom stereocenters. The molecule has 30 heavy (non-hydrogen) atoms. The summed E-state index contributed by atoms with van der Waals surface area (Å²) in [5, 5.41) is 10.9. The van der Waals surface area contributed by atoms with E-state index in [9.17, 15) is 4.39 Å². The normalized spacial score (nSPS) is 20.7. The van der Waals surface area contributed by atoms with Crippen molar-refractivity contribution in [3.05, 3.63) is 71.3 Å². The summed E-state index contributed by atoms with van der Waals surface area (Å²) in [4.78, 5) is 0. The Morgan fingerprint density at radius 2 is 1.70 bits per heavy atom. The highest BCUT2D eigenvalue weighted by molar-refractivity contribution is 5.91. The molecule has 1 nitrogen and oxygen atoms in total. The molecule has 0 aliphatic heterocycles. The first-order valence-electron chi connectivity index (χ1n) is 11.0. The largest absolute Gasteiger partial charge is 0.247 e. The fraction of sp³-hybridized carbons (Fsp3) is 0.370. The van der Waals surface area contributed by atoms with Crippen molar-refractivity contribution in [1.29, 1.82) is 5.26 Å². The molecule has 0 fully saturated rings. The summed E-state index contributed by atoms with van der Waals surface area (Å²) in [6.45, 7) is 2.14. The van der Waals surface area contributed by atoms with Crippen LogP contribution >= 0.6 is 0 Å². The fourth-order valence-electron chi connectivity index (χ4n) is 4.71. The molecule has 0 amide bonds. The van der Waals surface area contributed by atoms with E-state index in [2.05, 4.69) is 19.1 Å². The molecule has 1 aliphatic carbocycles. The third-order valence-corrected chi connectivity index (χ3v) is 6.44. The maximum absolute atomic E-state index is 15.3. The topological polar surface area (TPSA) is 23.8 Å². The first kappa shape index (κ1) is 20.5. The average Bonchev–Trinajstić information content (AvgIpc) is 2.78. The molecule has 0 radical (unpaired) electrons. The Hall–Kier alpha value is -2.73. The zero-order valence-electron chi connectivity index (χ0n) is 17.4. The van der Waals surface area contributed by atoms with Crippen LogP contribution in [0.15, 0.2) is 54.6 Å². The lowest BCUT2D eigenvalue weighted by Crippen LogP contribution is -2.29. The van der Waals surface area contributed by atoms with E-state index in [4.69, 9.17) is 5.26 Å². The summed E-state index contributed by atoms with van der Waals surface area (Å²) < 4.78 is 30.2. The van der Waals surface area contributed by atoms with Gasteiger partial charge in [0, 0.05) is 12.3 Å². The number of hydrogen-bond donors (Lipinski definition) is 0. The molecule has 154 valence electrons. The highest BCUT2D eigenvalue weighted by Gasteiger charge is 2.37. The van der Waals surface area contributed by atoms with Crippen LogP contribution in [-0.4, -0.2) is 6.17 Å². The molecule has 0 N–H and O–H groups in total. The molecule has 0 saturated heterocycles. The van der Waals surface area contributed by atoms with E-state index in [0.717, 1.165) is 53.1 Å². The van der Waals surface area contributed by atoms with Gasteiger partial charge in [-0.25, -0.2) is 8.78 Å². The number of benzene rings is 3. The summed E-state index contributed by atoms with van der Waals surface area (Å²) >= 11 is 0. The molecule has 0 bridgehead atoms. The summed E-state index contributed by atoms with van der Waals surface area (Å²) in [5.41, 5.74) is 4.17. The third kappa shape index (κ3) is 3.97. The minimum atomic E-state index is -1.23. The lowest BCUT2D eigenvalue weighted by Gasteiger charge is -2.32. The Morgan fingerprint density at radius 3 is 2.43 bits per heavy atom. The first-order chi connectivity index (χ1) is 14.6. The number of unbranched alkanes of at least 4 members (excludes halogenated alkanes) is 3. The van der Waals surface area contributed by atoms with Crippen molar-refractivity contribution in [2.24, 2.45) is 5.92 Å². The Balaban J connectivity index is 1.63. The number of halogens is 2. The molecule has 0 saturated carbocycles. The van der Waals surface area contributed by atoms with Crippen molar-refractivity contribution in [2.75, 3.05) is 0 Å². The first-order valence-corrected chi connectivity index (χ1v) is 11.0. The second kappa shape index (κ2) is 8.96. The number of hydrogen-bond acceptors (Lipinski definition) is 1. The van der Waals surface area contributed by atoms with Gasteiger partial charge in [-0.05, 0) is 57.6 Å². The van der Waals surface area contributed by atoms with Gasteiger partial charge in [0.2, 0.25) is 0 Å². The van der Waals surface area contributed by atoms with Gasteiger partial charge in [0.25, 0.3) is 0 Å². The van der Waals surface area contributed by atoms with Gasteiger partial charge in [-0.15, -0.1) is 0 Å². The van der Waals surface area contributed by atoms with E-state index in [0.29, 0.717) is 24.0 Å². The molecule has 4 rings (SSSR count). The molecule has 3 aromatic rings. The number of nitrogens with zero attached hydrogens (tertiary/aromatic N) is 1.